The maximum atomic E-state index is 12.7. The van der Waals surface area contributed by atoms with Crippen molar-refractivity contribution in [3.8, 4) is 0 Å². The van der Waals surface area contributed by atoms with Crippen molar-refractivity contribution >= 4 is 50.6 Å². The zero-order valence-corrected chi connectivity index (χ0v) is 16.5. The molecule has 0 atom stereocenters. The number of halogens is 1. The molecule has 1 aliphatic rings. The van der Waals surface area contributed by atoms with E-state index in [0.717, 1.165) is 41.8 Å². The van der Waals surface area contributed by atoms with Crippen LogP contribution < -0.4 is 10.6 Å². The van der Waals surface area contributed by atoms with Gasteiger partial charge in [0.15, 0.2) is 0 Å². The fourth-order valence-electron chi connectivity index (χ4n) is 3.15. The van der Waals surface area contributed by atoms with Crippen molar-refractivity contribution in [3.05, 3.63) is 46.6 Å². The van der Waals surface area contributed by atoms with Gasteiger partial charge in [0.1, 0.15) is 17.0 Å². The third kappa shape index (κ3) is 4.21. The lowest BCUT2D eigenvalue weighted by Gasteiger charge is -2.29. The highest BCUT2D eigenvalue weighted by molar-refractivity contribution is 7.20. The first-order chi connectivity index (χ1) is 13.1. The van der Waals surface area contributed by atoms with Crippen LogP contribution in [0.5, 0.6) is 0 Å². The second-order valence-corrected chi connectivity index (χ2v) is 8.20. The molecule has 1 aliphatic heterocycles. The lowest BCUT2D eigenvalue weighted by Crippen LogP contribution is -2.43. The normalized spacial score (nSPS) is 15.8. The second kappa shape index (κ2) is 7.80. The van der Waals surface area contributed by atoms with E-state index in [4.69, 9.17) is 11.6 Å². The Morgan fingerprint density at radius 2 is 1.96 bits per heavy atom. The lowest BCUT2D eigenvalue weighted by atomic mass is 10.1. The number of likely N-dealkylation sites (tertiary alicyclic amines) is 1. The summed E-state index contributed by atoms with van der Waals surface area (Å²) in [4.78, 5) is 25.1. The Morgan fingerprint density at radius 1 is 1.22 bits per heavy atom. The van der Waals surface area contributed by atoms with E-state index in [-0.39, 0.29) is 11.9 Å². The number of nitrogens with zero attached hydrogens (tertiary/aromatic N) is 3. The molecule has 1 amide bonds. The number of benzene rings is 1. The number of hydrogen-bond acceptors (Lipinski definition) is 6. The fraction of sp³-hybridized carbons (Fsp3) is 0.316. The number of fused-ring (bicyclic) bond motifs is 1. The summed E-state index contributed by atoms with van der Waals surface area (Å²) in [5.41, 5.74) is 0.878. The van der Waals surface area contributed by atoms with Crippen molar-refractivity contribution in [2.75, 3.05) is 25.5 Å². The first-order valence-electron chi connectivity index (χ1n) is 8.85. The molecule has 0 unspecified atom stereocenters. The molecule has 2 N–H and O–H groups in total. The number of rotatable bonds is 4. The summed E-state index contributed by atoms with van der Waals surface area (Å²) in [7, 11) is 2.11. The minimum absolute atomic E-state index is 0.0370. The quantitative estimate of drug-likeness (QED) is 0.693. The van der Waals surface area contributed by atoms with Crippen LogP contribution in [0.25, 0.3) is 10.2 Å². The van der Waals surface area contributed by atoms with E-state index in [0.29, 0.717) is 15.7 Å². The van der Waals surface area contributed by atoms with Crippen molar-refractivity contribution in [3.63, 3.8) is 0 Å². The minimum atomic E-state index is -0.0370. The Hall–Kier alpha value is -2.22. The molecule has 1 saturated heterocycles. The third-order valence-corrected chi connectivity index (χ3v) is 6.01. The molecular formula is C19H20ClN5OS. The molecule has 0 saturated carbocycles. The summed E-state index contributed by atoms with van der Waals surface area (Å²) in [5.74, 6) is 0.641. The van der Waals surface area contributed by atoms with E-state index >= 15 is 0 Å². The van der Waals surface area contributed by atoms with Gasteiger partial charge in [-0.3, -0.25) is 4.79 Å². The number of hydrogen-bond donors (Lipinski definition) is 2. The molecular weight excluding hydrogens is 382 g/mol. The highest BCUT2D eigenvalue weighted by atomic mass is 35.5. The van der Waals surface area contributed by atoms with E-state index in [1.807, 2.05) is 30.3 Å². The van der Waals surface area contributed by atoms with Gasteiger partial charge in [0.05, 0.1) is 10.3 Å². The van der Waals surface area contributed by atoms with Crippen LogP contribution in [0.4, 0.5) is 11.5 Å². The average Bonchev–Trinajstić information content (AvgIpc) is 3.11. The molecule has 140 valence electrons. The van der Waals surface area contributed by atoms with E-state index in [2.05, 4.69) is 32.5 Å². The van der Waals surface area contributed by atoms with Crippen molar-refractivity contribution in [2.24, 2.45) is 0 Å². The smallest absolute Gasteiger partial charge is 0.261 e. The highest BCUT2D eigenvalue weighted by Gasteiger charge is 2.21. The van der Waals surface area contributed by atoms with Gasteiger partial charge in [-0.05, 0) is 63.3 Å². The fourth-order valence-corrected chi connectivity index (χ4v) is 4.17. The number of carbonyl (C=O) groups excluding carboxylic acids is 1. The van der Waals surface area contributed by atoms with E-state index in [9.17, 15) is 4.79 Å². The largest absolute Gasteiger partial charge is 0.349 e. The monoisotopic (exact) mass is 401 g/mol. The Morgan fingerprint density at radius 3 is 2.70 bits per heavy atom. The summed E-state index contributed by atoms with van der Waals surface area (Å²) in [6.45, 7) is 2.02. The lowest BCUT2D eigenvalue weighted by molar-refractivity contribution is 0.0921. The van der Waals surface area contributed by atoms with E-state index in [1.54, 1.807) is 0 Å². The molecule has 1 aromatic carbocycles. The molecule has 3 heterocycles. The topological polar surface area (TPSA) is 70.2 Å². The first-order valence-corrected chi connectivity index (χ1v) is 10.0. The molecule has 0 bridgehead atoms. The van der Waals surface area contributed by atoms with Crippen LogP contribution in [-0.2, 0) is 0 Å². The zero-order chi connectivity index (χ0) is 18.8. The van der Waals surface area contributed by atoms with Gasteiger partial charge in [0, 0.05) is 16.8 Å². The van der Waals surface area contributed by atoms with Crippen LogP contribution in [0.2, 0.25) is 5.02 Å². The van der Waals surface area contributed by atoms with Crippen LogP contribution in [0, 0.1) is 0 Å². The summed E-state index contributed by atoms with van der Waals surface area (Å²) in [6.07, 6.45) is 3.47. The first kappa shape index (κ1) is 18.2. The number of aromatic nitrogens is 2. The Labute approximate surface area is 166 Å². The van der Waals surface area contributed by atoms with Crippen molar-refractivity contribution < 1.29 is 4.79 Å². The number of nitrogens with one attached hydrogen (secondary N) is 2. The zero-order valence-electron chi connectivity index (χ0n) is 14.9. The van der Waals surface area contributed by atoms with Crippen LogP contribution in [0.1, 0.15) is 22.5 Å². The number of thiophene rings is 1. The van der Waals surface area contributed by atoms with Gasteiger partial charge in [0.25, 0.3) is 5.91 Å². The standard InChI is InChI=1S/C19H20ClN5OS/c1-25-8-6-14(7-9-25)24-18(26)16-10-15-17(21-11-22-19(15)27-16)23-13-4-2-12(20)3-5-13/h2-5,10-11,14H,6-9H2,1H3,(H,24,26)(H,21,22,23). The Balaban J connectivity index is 1.53. The number of anilines is 2. The SMILES string of the molecule is CN1CCC(NC(=O)c2cc3c(Nc4ccc(Cl)cc4)ncnc3s2)CC1. The van der Waals surface area contributed by atoms with Crippen LogP contribution in [0.3, 0.4) is 0 Å². The molecule has 0 radical (unpaired) electrons. The molecule has 27 heavy (non-hydrogen) atoms. The average molecular weight is 402 g/mol. The molecule has 4 rings (SSSR count). The Bertz CT molecular complexity index is 950. The predicted molar refractivity (Wildman–Crippen MR) is 110 cm³/mol. The summed E-state index contributed by atoms with van der Waals surface area (Å²) < 4.78 is 0. The highest BCUT2D eigenvalue weighted by Crippen LogP contribution is 2.30. The van der Waals surface area contributed by atoms with Crippen molar-refractivity contribution in [2.45, 2.75) is 18.9 Å². The van der Waals surface area contributed by atoms with Crippen LogP contribution in [0.15, 0.2) is 36.7 Å². The van der Waals surface area contributed by atoms with Crippen molar-refractivity contribution in [1.82, 2.24) is 20.2 Å². The van der Waals surface area contributed by atoms with Gasteiger partial charge in [-0.25, -0.2) is 9.97 Å². The third-order valence-electron chi connectivity index (χ3n) is 4.71. The molecule has 0 aliphatic carbocycles. The maximum Gasteiger partial charge on any atom is 0.261 e. The van der Waals surface area contributed by atoms with Gasteiger partial charge in [-0.15, -0.1) is 11.3 Å². The molecule has 3 aromatic rings. The number of piperidine rings is 1. The summed E-state index contributed by atoms with van der Waals surface area (Å²) >= 11 is 7.32. The molecule has 2 aromatic heterocycles. The van der Waals surface area contributed by atoms with E-state index in [1.165, 1.54) is 17.7 Å². The van der Waals surface area contributed by atoms with Gasteiger partial charge < -0.3 is 15.5 Å². The molecule has 8 heteroatoms. The van der Waals surface area contributed by atoms with Gasteiger partial charge in [0.2, 0.25) is 0 Å². The maximum absolute atomic E-state index is 12.7. The van der Waals surface area contributed by atoms with Gasteiger partial charge in [-0.2, -0.15) is 0 Å². The molecule has 1 fully saturated rings. The van der Waals surface area contributed by atoms with E-state index < -0.39 is 0 Å². The minimum Gasteiger partial charge on any atom is -0.349 e. The second-order valence-electron chi connectivity index (χ2n) is 6.73. The Kier molecular flexibility index (Phi) is 5.24. The molecule has 0 spiro atoms. The summed E-state index contributed by atoms with van der Waals surface area (Å²) in [6, 6.07) is 9.50. The predicted octanol–water partition coefficient (Wildman–Crippen LogP) is 3.91. The molecule has 6 nitrogen and oxygen atoms in total. The van der Waals surface area contributed by atoms with Crippen LogP contribution >= 0.6 is 22.9 Å². The van der Waals surface area contributed by atoms with Crippen molar-refractivity contribution in [1.29, 1.82) is 0 Å². The van der Waals surface area contributed by atoms with Gasteiger partial charge >= 0.3 is 0 Å². The summed E-state index contributed by atoms with van der Waals surface area (Å²) in [5, 5.41) is 7.94. The van der Waals surface area contributed by atoms with Crippen LogP contribution in [-0.4, -0.2) is 47.0 Å². The number of amides is 1. The van der Waals surface area contributed by atoms with Gasteiger partial charge in [-0.1, -0.05) is 11.6 Å². The number of carbonyl (C=O) groups is 1.